The maximum atomic E-state index is 14.3. The van der Waals surface area contributed by atoms with Crippen molar-refractivity contribution in [3.8, 4) is 0 Å². The quantitative estimate of drug-likeness (QED) is 0.681. The van der Waals surface area contributed by atoms with Gasteiger partial charge in [0.2, 0.25) is 10.0 Å². The van der Waals surface area contributed by atoms with Gasteiger partial charge in [-0.15, -0.1) is 0 Å². The molecule has 2 heterocycles. The molecule has 1 aromatic heterocycles. The molecule has 0 atom stereocenters. The first kappa shape index (κ1) is 19.9. The molecule has 1 aliphatic heterocycles. The number of rotatable bonds is 4. The number of sulfonamides is 1. The van der Waals surface area contributed by atoms with E-state index in [1.165, 1.54) is 17.4 Å². The van der Waals surface area contributed by atoms with Crippen molar-refractivity contribution < 1.29 is 22.3 Å². The highest BCUT2D eigenvalue weighted by atomic mass is 32.2. The Morgan fingerprint density at radius 2 is 2.00 bits per heavy atom. The summed E-state index contributed by atoms with van der Waals surface area (Å²) in [5, 5.41) is 3.06. The maximum absolute atomic E-state index is 14.3. The highest BCUT2D eigenvalue weighted by Crippen LogP contribution is 2.28. The molecule has 0 unspecified atom stereocenters. The summed E-state index contributed by atoms with van der Waals surface area (Å²) < 4.78 is 47.1. The Morgan fingerprint density at radius 1 is 1.24 bits per heavy atom. The first-order valence-corrected chi connectivity index (χ1v) is 11.2. The van der Waals surface area contributed by atoms with Crippen LogP contribution in [-0.2, 0) is 14.8 Å². The zero-order chi connectivity index (χ0) is 20.6. The van der Waals surface area contributed by atoms with Gasteiger partial charge in [0.15, 0.2) is 5.13 Å². The van der Waals surface area contributed by atoms with Crippen LogP contribution in [-0.4, -0.2) is 49.9 Å². The summed E-state index contributed by atoms with van der Waals surface area (Å²) in [6.45, 7) is 2.71. The Balaban J connectivity index is 1.62. The number of nitrogens with zero attached hydrogens (tertiary/aromatic N) is 2. The number of para-hydroxylation sites is 1. The van der Waals surface area contributed by atoms with E-state index >= 15 is 0 Å². The van der Waals surface area contributed by atoms with Crippen molar-refractivity contribution in [2.45, 2.75) is 11.8 Å². The van der Waals surface area contributed by atoms with Crippen LogP contribution in [0.3, 0.4) is 0 Å². The third-order valence-corrected chi connectivity index (χ3v) is 7.47. The lowest BCUT2D eigenvalue weighted by atomic mass is 10.2. The molecule has 0 spiro atoms. The van der Waals surface area contributed by atoms with Gasteiger partial charge in [-0.1, -0.05) is 23.5 Å². The number of benzene rings is 2. The molecule has 10 heteroatoms. The number of ether oxygens (including phenoxy) is 1. The van der Waals surface area contributed by atoms with Crippen LogP contribution in [0.25, 0.3) is 10.2 Å². The summed E-state index contributed by atoms with van der Waals surface area (Å²) in [5.74, 6) is -1.45. The molecule has 1 amide bonds. The van der Waals surface area contributed by atoms with Gasteiger partial charge in [0.25, 0.3) is 5.91 Å². The molecular formula is C19H18FN3O4S2. The van der Waals surface area contributed by atoms with Crippen molar-refractivity contribution >= 4 is 42.6 Å². The van der Waals surface area contributed by atoms with Crippen LogP contribution in [0.5, 0.6) is 0 Å². The van der Waals surface area contributed by atoms with Crippen LogP contribution in [0.2, 0.25) is 0 Å². The lowest BCUT2D eigenvalue weighted by molar-refractivity contribution is 0.0729. The minimum absolute atomic E-state index is 0.0363. The topological polar surface area (TPSA) is 88.6 Å². The van der Waals surface area contributed by atoms with Crippen LogP contribution in [0.4, 0.5) is 9.52 Å². The van der Waals surface area contributed by atoms with E-state index in [2.05, 4.69) is 10.3 Å². The Hall–Kier alpha value is -2.40. The van der Waals surface area contributed by atoms with Gasteiger partial charge in [0.1, 0.15) is 10.7 Å². The highest BCUT2D eigenvalue weighted by Gasteiger charge is 2.29. The minimum Gasteiger partial charge on any atom is -0.379 e. The van der Waals surface area contributed by atoms with Crippen molar-refractivity contribution in [2.75, 3.05) is 31.6 Å². The summed E-state index contributed by atoms with van der Waals surface area (Å²) >= 11 is 1.31. The molecule has 29 heavy (non-hydrogen) atoms. The van der Waals surface area contributed by atoms with Gasteiger partial charge < -0.3 is 4.74 Å². The third kappa shape index (κ3) is 3.88. The molecule has 0 radical (unpaired) electrons. The first-order chi connectivity index (χ1) is 13.9. The number of anilines is 1. The van der Waals surface area contributed by atoms with Crippen molar-refractivity contribution in [3.05, 3.63) is 53.3 Å². The fraction of sp³-hybridized carbons (Fsp3) is 0.263. The summed E-state index contributed by atoms with van der Waals surface area (Å²) in [5.41, 5.74) is 1.82. The average molecular weight is 436 g/mol. The van der Waals surface area contributed by atoms with E-state index in [0.717, 1.165) is 32.2 Å². The van der Waals surface area contributed by atoms with Crippen molar-refractivity contribution in [2.24, 2.45) is 0 Å². The standard InChI is InChI=1S/C19H18FN3O4S2/c1-12-3-2-4-15-17(12)21-19(28-15)22-18(24)13-5-6-14(20)16(11-13)29(25,26)23-7-9-27-10-8-23/h2-6,11H,7-10H2,1H3,(H,21,22,24). The fourth-order valence-electron chi connectivity index (χ4n) is 3.08. The molecule has 0 aliphatic carbocycles. The van der Waals surface area contributed by atoms with Gasteiger partial charge in [-0.25, -0.2) is 17.8 Å². The third-order valence-electron chi connectivity index (χ3n) is 4.62. The molecule has 1 N–H and O–H groups in total. The number of carbonyl (C=O) groups excluding carboxylic acids is 1. The molecule has 3 aromatic rings. The number of thiazole rings is 1. The van der Waals surface area contributed by atoms with Crippen molar-refractivity contribution in [1.82, 2.24) is 9.29 Å². The lowest BCUT2D eigenvalue weighted by Crippen LogP contribution is -2.41. The largest absolute Gasteiger partial charge is 0.379 e. The van der Waals surface area contributed by atoms with E-state index in [1.807, 2.05) is 25.1 Å². The van der Waals surface area contributed by atoms with E-state index in [1.54, 1.807) is 0 Å². The van der Waals surface area contributed by atoms with Gasteiger partial charge in [0.05, 0.1) is 23.4 Å². The zero-order valence-corrected chi connectivity index (χ0v) is 17.1. The Kier molecular flexibility index (Phi) is 5.34. The molecule has 4 rings (SSSR count). The van der Waals surface area contributed by atoms with Gasteiger partial charge >= 0.3 is 0 Å². The molecule has 0 saturated carbocycles. The normalized spacial score (nSPS) is 15.5. The smallest absolute Gasteiger partial charge is 0.257 e. The molecule has 0 bridgehead atoms. The second-order valence-electron chi connectivity index (χ2n) is 6.56. The Bertz CT molecular complexity index is 1190. The average Bonchev–Trinajstić information content (AvgIpc) is 3.12. The Morgan fingerprint density at radius 3 is 2.72 bits per heavy atom. The predicted molar refractivity (Wildman–Crippen MR) is 108 cm³/mol. The molecule has 1 aliphatic rings. The second-order valence-corrected chi connectivity index (χ2v) is 9.49. The van der Waals surface area contributed by atoms with E-state index in [-0.39, 0.29) is 31.9 Å². The molecule has 1 fully saturated rings. The van der Waals surface area contributed by atoms with Crippen LogP contribution in [0, 0.1) is 12.7 Å². The highest BCUT2D eigenvalue weighted by molar-refractivity contribution is 7.89. The van der Waals surface area contributed by atoms with Crippen LogP contribution in [0.15, 0.2) is 41.3 Å². The number of amides is 1. The zero-order valence-electron chi connectivity index (χ0n) is 15.5. The molecule has 2 aromatic carbocycles. The number of aromatic nitrogens is 1. The van der Waals surface area contributed by atoms with E-state index in [9.17, 15) is 17.6 Å². The summed E-state index contributed by atoms with van der Waals surface area (Å²) in [6.07, 6.45) is 0. The van der Waals surface area contributed by atoms with Gasteiger partial charge in [-0.3, -0.25) is 10.1 Å². The van der Waals surface area contributed by atoms with Crippen LogP contribution >= 0.6 is 11.3 Å². The van der Waals surface area contributed by atoms with Crippen LogP contribution < -0.4 is 5.32 Å². The number of hydrogen-bond acceptors (Lipinski definition) is 6. The summed E-state index contributed by atoms with van der Waals surface area (Å²) in [4.78, 5) is 16.5. The monoisotopic (exact) mass is 435 g/mol. The maximum Gasteiger partial charge on any atom is 0.257 e. The molecule has 152 valence electrons. The number of hydrogen-bond donors (Lipinski definition) is 1. The summed E-state index contributed by atoms with van der Waals surface area (Å²) in [7, 11) is -4.06. The minimum atomic E-state index is -4.06. The van der Waals surface area contributed by atoms with E-state index in [4.69, 9.17) is 4.74 Å². The first-order valence-electron chi connectivity index (χ1n) is 8.91. The number of halogens is 1. The number of fused-ring (bicyclic) bond motifs is 1. The van der Waals surface area contributed by atoms with Crippen molar-refractivity contribution in [3.63, 3.8) is 0 Å². The predicted octanol–water partition coefficient (Wildman–Crippen LogP) is 3.02. The number of nitrogens with one attached hydrogen (secondary N) is 1. The lowest BCUT2D eigenvalue weighted by Gasteiger charge is -2.26. The summed E-state index contributed by atoms with van der Waals surface area (Å²) in [6, 6.07) is 9.04. The fourth-order valence-corrected chi connectivity index (χ4v) is 5.51. The van der Waals surface area contributed by atoms with Gasteiger partial charge in [0, 0.05) is 18.7 Å². The number of aryl methyl sites for hydroxylation is 1. The van der Waals surface area contributed by atoms with Crippen molar-refractivity contribution in [1.29, 1.82) is 0 Å². The van der Waals surface area contributed by atoms with Gasteiger partial charge in [-0.05, 0) is 36.8 Å². The molecule has 1 saturated heterocycles. The second kappa shape index (κ2) is 7.79. The SMILES string of the molecule is Cc1cccc2sc(NC(=O)c3ccc(F)c(S(=O)(=O)N4CCOCC4)c3)nc12. The van der Waals surface area contributed by atoms with Crippen LogP contribution in [0.1, 0.15) is 15.9 Å². The van der Waals surface area contributed by atoms with E-state index in [0.29, 0.717) is 5.13 Å². The number of morpholine rings is 1. The molecular weight excluding hydrogens is 417 g/mol. The molecule has 7 nitrogen and oxygen atoms in total. The van der Waals surface area contributed by atoms with Gasteiger partial charge in [-0.2, -0.15) is 4.31 Å². The Labute approximate surface area is 171 Å². The van der Waals surface area contributed by atoms with E-state index < -0.39 is 26.6 Å². The number of carbonyl (C=O) groups is 1.